The van der Waals surface area contributed by atoms with Crippen LogP contribution >= 0.6 is 12.4 Å². The Morgan fingerprint density at radius 2 is 1.76 bits per heavy atom. The van der Waals surface area contributed by atoms with E-state index < -0.39 is 10.0 Å². The van der Waals surface area contributed by atoms with E-state index in [1.807, 2.05) is 30.3 Å². The number of aromatic nitrogens is 1. The zero-order valence-corrected chi connectivity index (χ0v) is 18.1. The molecule has 0 bridgehead atoms. The summed E-state index contributed by atoms with van der Waals surface area (Å²) in [4.78, 5) is 5.09. The van der Waals surface area contributed by atoms with Crippen molar-refractivity contribution in [3.8, 4) is 17.0 Å². The minimum Gasteiger partial charge on any atom is -0.497 e. The SMILES string of the molecule is COc1ccc2c(c1)-c1c(CN3CCN(C)CC3)c3ccccc3n1S2(=O)=O.Cl. The molecule has 1 aromatic heterocycles. The Bertz CT molecular complexity index is 1180. The summed E-state index contributed by atoms with van der Waals surface area (Å²) in [7, 11) is 0.129. The van der Waals surface area contributed by atoms with Crippen molar-refractivity contribution in [3.63, 3.8) is 0 Å². The molecule has 2 aliphatic rings. The van der Waals surface area contributed by atoms with Crippen LogP contribution in [0, 0.1) is 0 Å². The third kappa shape index (κ3) is 3.04. The summed E-state index contributed by atoms with van der Waals surface area (Å²) in [5.41, 5.74) is 3.35. The van der Waals surface area contributed by atoms with Crippen molar-refractivity contribution >= 4 is 33.3 Å². The maximum atomic E-state index is 13.3. The Labute approximate surface area is 177 Å². The molecule has 6 nitrogen and oxygen atoms in total. The van der Waals surface area contributed by atoms with Gasteiger partial charge in [0.05, 0.1) is 23.2 Å². The van der Waals surface area contributed by atoms with Crippen LogP contribution in [0.5, 0.6) is 5.75 Å². The van der Waals surface area contributed by atoms with E-state index in [0.717, 1.165) is 60.4 Å². The number of nitrogens with zero attached hydrogens (tertiary/aromatic N) is 3. The molecule has 0 N–H and O–H groups in total. The van der Waals surface area contributed by atoms with Crippen LogP contribution in [0.2, 0.25) is 0 Å². The van der Waals surface area contributed by atoms with Crippen LogP contribution in [0.25, 0.3) is 22.2 Å². The molecule has 3 aromatic rings. The number of hydrogen-bond acceptors (Lipinski definition) is 5. The average molecular weight is 434 g/mol. The number of fused-ring (bicyclic) bond motifs is 5. The molecule has 2 aromatic carbocycles. The van der Waals surface area contributed by atoms with E-state index in [1.54, 1.807) is 19.2 Å². The number of ether oxygens (including phenoxy) is 1. The minimum atomic E-state index is -3.61. The van der Waals surface area contributed by atoms with E-state index in [-0.39, 0.29) is 12.4 Å². The molecule has 3 heterocycles. The summed E-state index contributed by atoms with van der Waals surface area (Å²) >= 11 is 0. The van der Waals surface area contributed by atoms with Crippen LogP contribution in [0.3, 0.4) is 0 Å². The van der Waals surface area contributed by atoms with Crippen molar-refractivity contribution in [1.29, 1.82) is 0 Å². The van der Waals surface area contributed by atoms with Gasteiger partial charge < -0.3 is 9.64 Å². The van der Waals surface area contributed by atoms with E-state index in [0.29, 0.717) is 10.6 Å². The summed E-state index contributed by atoms with van der Waals surface area (Å²) in [6.07, 6.45) is 0. The summed E-state index contributed by atoms with van der Waals surface area (Å²) in [5.74, 6) is 0.665. The van der Waals surface area contributed by atoms with Gasteiger partial charge in [0.1, 0.15) is 5.75 Å². The number of piperazine rings is 1. The molecule has 0 saturated carbocycles. The molecule has 0 aliphatic carbocycles. The van der Waals surface area contributed by atoms with Gasteiger partial charge in [-0.05, 0) is 31.3 Å². The Morgan fingerprint density at radius 3 is 2.48 bits per heavy atom. The van der Waals surface area contributed by atoms with Crippen LogP contribution in [0.4, 0.5) is 0 Å². The number of para-hydroxylation sites is 1. The second-order valence-electron chi connectivity index (χ2n) is 7.56. The molecule has 0 radical (unpaired) electrons. The fourth-order valence-corrected chi connectivity index (χ4v) is 6.07. The first-order valence-corrected chi connectivity index (χ1v) is 10.9. The van der Waals surface area contributed by atoms with Gasteiger partial charge in [0, 0.05) is 49.2 Å². The van der Waals surface area contributed by atoms with Gasteiger partial charge in [-0.15, -0.1) is 12.4 Å². The molecular weight excluding hydrogens is 410 g/mol. The summed E-state index contributed by atoms with van der Waals surface area (Å²) in [6.45, 7) is 4.75. The van der Waals surface area contributed by atoms with Gasteiger partial charge in [-0.1, -0.05) is 18.2 Å². The Kier molecular flexibility index (Phi) is 5.11. The smallest absolute Gasteiger partial charge is 0.269 e. The Balaban J connectivity index is 0.00000205. The van der Waals surface area contributed by atoms with E-state index in [4.69, 9.17) is 4.74 Å². The number of methoxy groups -OCH3 is 1. The highest BCUT2D eigenvalue weighted by Gasteiger charge is 2.37. The predicted molar refractivity (Wildman–Crippen MR) is 117 cm³/mol. The van der Waals surface area contributed by atoms with E-state index in [2.05, 4.69) is 16.8 Å². The first kappa shape index (κ1) is 20.2. The average Bonchev–Trinajstić information content (AvgIpc) is 3.15. The summed E-state index contributed by atoms with van der Waals surface area (Å²) in [5, 5.41) is 1.01. The van der Waals surface area contributed by atoms with Crippen LogP contribution in [-0.2, 0) is 16.6 Å². The summed E-state index contributed by atoms with van der Waals surface area (Å²) in [6, 6.07) is 13.0. The van der Waals surface area contributed by atoms with E-state index in [1.165, 1.54) is 3.97 Å². The molecule has 154 valence electrons. The van der Waals surface area contributed by atoms with Crippen molar-refractivity contribution in [2.75, 3.05) is 40.3 Å². The lowest BCUT2D eigenvalue weighted by Gasteiger charge is -2.32. The minimum absolute atomic E-state index is 0. The normalized spacial score (nSPS) is 18.3. The number of halogens is 1. The Morgan fingerprint density at radius 1 is 1.03 bits per heavy atom. The zero-order valence-electron chi connectivity index (χ0n) is 16.5. The summed E-state index contributed by atoms with van der Waals surface area (Å²) < 4.78 is 33.6. The monoisotopic (exact) mass is 433 g/mol. The molecule has 2 aliphatic heterocycles. The van der Waals surface area contributed by atoms with Crippen LogP contribution in [0.1, 0.15) is 5.56 Å². The van der Waals surface area contributed by atoms with Crippen molar-refractivity contribution in [2.45, 2.75) is 11.4 Å². The number of rotatable bonds is 3. The molecular formula is C21H24ClN3O3S. The number of benzene rings is 2. The first-order valence-electron chi connectivity index (χ1n) is 9.48. The largest absolute Gasteiger partial charge is 0.497 e. The standard InChI is InChI=1S/C21H23N3O3S.ClH/c1-22-9-11-23(12-10-22)14-18-16-5-3-4-6-19(16)24-21(18)17-13-15(27-2)7-8-20(17)28(24,25)26;/h3-8,13H,9-12,14H2,1-2H3;1H. The van der Waals surface area contributed by atoms with Crippen molar-refractivity contribution in [3.05, 3.63) is 48.0 Å². The van der Waals surface area contributed by atoms with Crippen molar-refractivity contribution in [1.82, 2.24) is 13.8 Å². The lowest BCUT2D eigenvalue weighted by Crippen LogP contribution is -2.43. The Hall–Kier alpha value is -2.06. The predicted octanol–water partition coefficient (Wildman–Crippen LogP) is 3.04. The topological polar surface area (TPSA) is 54.8 Å². The molecule has 1 saturated heterocycles. The van der Waals surface area contributed by atoms with E-state index in [9.17, 15) is 8.42 Å². The molecule has 0 unspecified atom stereocenters. The number of likely N-dealkylation sites (N-methyl/N-ethyl adjacent to an activating group) is 1. The molecule has 1 fully saturated rings. The highest BCUT2D eigenvalue weighted by molar-refractivity contribution is 7.90. The van der Waals surface area contributed by atoms with Gasteiger partial charge >= 0.3 is 0 Å². The first-order chi connectivity index (χ1) is 13.5. The third-order valence-electron chi connectivity index (χ3n) is 5.87. The van der Waals surface area contributed by atoms with Gasteiger partial charge in [0.25, 0.3) is 10.0 Å². The zero-order chi connectivity index (χ0) is 19.5. The van der Waals surface area contributed by atoms with Gasteiger partial charge in [0.2, 0.25) is 0 Å². The lowest BCUT2D eigenvalue weighted by molar-refractivity contribution is 0.148. The molecule has 0 amide bonds. The van der Waals surface area contributed by atoms with Gasteiger partial charge in [-0.25, -0.2) is 12.4 Å². The molecule has 5 rings (SSSR count). The van der Waals surface area contributed by atoms with Crippen LogP contribution in [0.15, 0.2) is 47.4 Å². The molecule has 0 atom stereocenters. The highest BCUT2D eigenvalue weighted by Crippen LogP contribution is 2.46. The van der Waals surface area contributed by atoms with Crippen molar-refractivity contribution in [2.24, 2.45) is 0 Å². The maximum Gasteiger partial charge on any atom is 0.269 e. The van der Waals surface area contributed by atoms with Gasteiger partial charge in [-0.3, -0.25) is 4.90 Å². The van der Waals surface area contributed by atoms with Gasteiger partial charge in [0.15, 0.2) is 0 Å². The van der Waals surface area contributed by atoms with Crippen LogP contribution < -0.4 is 4.74 Å². The maximum absolute atomic E-state index is 13.3. The third-order valence-corrected chi connectivity index (χ3v) is 7.65. The fourth-order valence-electron chi connectivity index (χ4n) is 4.33. The van der Waals surface area contributed by atoms with Crippen molar-refractivity contribution < 1.29 is 13.2 Å². The quantitative estimate of drug-likeness (QED) is 0.497. The van der Waals surface area contributed by atoms with Crippen LogP contribution in [-0.4, -0.2) is 62.5 Å². The second kappa shape index (κ2) is 7.32. The molecule has 29 heavy (non-hydrogen) atoms. The molecule has 8 heteroatoms. The fraction of sp³-hybridized carbons (Fsp3) is 0.333. The number of hydrogen-bond donors (Lipinski definition) is 0. The highest BCUT2D eigenvalue weighted by atomic mass is 35.5. The van der Waals surface area contributed by atoms with Gasteiger partial charge in [-0.2, -0.15) is 0 Å². The molecule has 0 spiro atoms. The lowest BCUT2D eigenvalue weighted by atomic mass is 10.0. The second-order valence-corrected chi connectivity index (χ2v) is 9.31. The van der Waals surface area contributed by atoms with E-state index >= 15 is 0 Å².